The molecule has 0 saturated carbocycles. The molecule has 2 heterocycles. The second-order valence-electron chi connectivity index (χ2n) is 5.00. The van der Waals surface area contributed by atoms with E-state index in [-0.39, 0.29) is 0 Å². The molecule has 106 valence electrons. The van der Waals surface area contributed by atoms with E-state index in [4.69, 9.17) is 5.73 Å². The van der Waals surface area contributed by atoms with Crippen LogP contribution in [0.2, 0.25) is 0 Å². The molecule has 0 saturated heterocycles. The third-order valence-corrected chi connectivity index (χ3v) is 5.10. The number of rotatable bonds is 2. The molecule has 0 spiro atoms. The highest BCUT2D eigenvalue weighted by molar-refractivity contribution is 14.1. The highest BCUT2D eigenvalue weighted by Gasteiger charge is 2.19. The molecule has 2 aromatic heterocycles. The second-order valence-corrected chi connectivity index (χ2v) is 6.77. The number of aromatic nitrogens is 1. The zero-order valence-electron chi connectivity index (χ0n) is 11.9. The molecule has 0 unspecified atom stereocenters. The first kappa shape index (κ1) is 14.5. The van der Waals surface area contributed by atoms with Gasteiger partial charge in [0, 0.05) is 23.1 Å². The minimum absolute atomic E-state index is 0.878. The van der Waals surface area contributed by atoms with Gasteiger partial charge >= 0.3 is 0 Å². The summed E-state index contributed by atoms with van der Waals surface area (Å²) in [7, 11) is 2.08. The van der Waals surface area contributed by atoms with Crippen LogP contribution >= 0.6 is 33.9 Å². The van der Waals surface area contributed by atoms with Crippen LogP contribution in [0, 0.1) is 6.92 Å². The molecule has 0 aliphatic heterocycles. The van der Waals surface area contributed by atoms with E-state index in [1.165, 1.54) is 26.9 Å². The Hall–Kier alpha value is -1.40. The zero-order valence-corrected chi connectivity index (χ0v) is 14.9. The van der Waals surface area contributed by atoms with Crippen LogP contribution in [0.4, 0.5) is 5.00 Å². The monoisotopic (exact) mass is 407 g/mol. The molecule has 0 amide bonds. The number of nitrogen functional groups attached to an aromatic ring is 1. The number of nitrogens with two attached hydrogens (primary N) is 1. The topological polar surface area (TPSA) is 29.9 Å². The fourth-order valence-electron chi connectivity index (χ4n) is 2.63. The molecule has 0 aliphatic carbocycles. The number of pyridine rings is 1. The van der Waals surface area contributed by atoms with Crippen LogP contribution in [-0.4, -0.2) is 0 Å². The van der Waals surface area contributed by atoms with Gasteiger partial charge in [0.05, 0.1) is 15.3 Å². The summed E-state index contributed by atoms with van der Waals surface area (Å²) in [6.07, 6.45) is 4.16. The summed E-state index contributed by atoms with van der Waals surface area (Å²) in [6.45, 7) is 2.16. The molecular formula is C17H16IN2S+. The Kier molecular flexibility index (Phi) is 3.99. The van der Waals surface area contributed by atoms with Crippen LogP contribution in [0.5, 0.6) is 0 Å². The van der Waals surface area contributed by atoms with E-state index in [0.29, 0.717) is 0 Å². The summed E-state index contributed by atoms with van der Waals surface area (Å²) >= 11 is 3.91. The van der Waals surface area contributed by atoms with Crippen LogP contribution in [0.15, 0.2) is 40.6 Å². The van der Waals surface area contributed by atoms with Gasteiger partial charge in [0.25, 0.3) is 0 Å². The van der Waals surface area contributed by atoms with Crippen LogP contribution in [-0.2, 0) is 7.05 Å². The standard InChI is InChI=1S/C17H16IN2S/c1-11-6-7-12-13(8-9-18)17(19)21-16(12)15(11)14-5-3-4-10-20(14)2/h3-10H,19H2,1-2H3/q+1/b9-8-. The van der Waals surface area contributed by atoms with Gasteiger partial charge in [-0.25, -0.2) is 4.57 Å². The van der Waals surface area contributed by atoms with Crippen LogP contribution in [0.25, 0.3) is 27.4 Å². The van der Waals surface area contributed by atoms with Crippen LogP contribution < -0.4 is 10.3 Å². The fourth-order valence-corrected chi connectivity index (χ4v) is 4.16. The van der Waals surface area contributed by atoms with Gasteiger partial charge in [-0.15, -0.1) is 11.3 Å². The highest BCUT2D eigenvalue weighted by atomic mass is 127. The first-order valence-electron chi connectivity index (χ1n) is 6.67. The Morgan fingerprint density at radius 1 is 1.24 bits per heavy atom. The summed E-state index contributed by atoms with van der Waals surface area (Å²) in [5.74, 6) is 0. The number of hydrogen-bond donors (Lipinski definition) is 1. The number of aryl methyl sites for hydroxylation is 2. The molecule has 0 radical (unpaired) electrons. The van der Waals surface area contributed by atoms with Gasteiger partial charge in [0.2, 0.25) is 5.69 Å². The third-order valence-electron chi connectivity index (χ3n) is 3.67. The maximum absolute atomic E-state index is 6.23. The molecule has 1 aromatic carbocycles. The molecule has 2 nitrogen and oxygen atoms in total. The van der Waals surface area contributed by atoms with Gasteiger partial charge in [0.15, 0.2) is 6.20 Å². The van der Waals surface area contributed by atoms with Crippen molar-refractivity contribution in [2.45, 2.75) is 6.92 Å². The van der Waals surface area contributed by atoms with Gasteiger partial charge in [0.1, 0.15) is 7.05 Å². The maximum Gasteiger partial charge on any atom is 0.213 e. The quantitative estimate of drug-likeness (QED) is 0.485. The largest absolute Gasteiger partial charge is 0.390 e. The molecule has 3 aromatic rings. The normalized spacial score (nSPS) is 11.6. The van der Waals surface area contributed by atoms with E-state index in [0.717, 1.165) is 10.6 Å². The Morgan fingerprint density at radius 2 is 2.05 bits per heavy atom. The second kappa shape index (κ2) is 5.77. The third kappa shape index (κ3) is 2.46. The number of halogens is 1. The van der Waals surface area contributed by atoms with Crippen molar-refractivity contribution in [2.75, 3.05) is 5.73 Å². The van der Waals surface area contributed by atoms with Crippen molar-refractivity contribution in [3.63, 3.8) is 0 Å². The maximum atomic E-state index is 6.23. The van der Waals surface area contributed by atoms with Crippen LogP contribution in [0.3, 0.4) is 0 Å². The Balaban J connectivity index is 2.40. The molecule has 0 bridgehead atoms. The fraction of sp³-hybridized carbons (Fsp3) is 0.118. The van der Waals surface area contributed by atoms with E-state index in [1.54, 1.807) is 11.3 Å². The van der Waals surface area contributed by atoms with Crippen molar-refractivity contribution in [1.82, 2.24) is 0 Å². The number of benzene rings is 1. The summed E-state index contributed by atoms with van der Waals surface area (Å²) in [5.41, 5.74) is 11.1. The lowest BCUT2D eigenvalue weighted by molar-refractivity contribution is -0.660. The van der Waals surface area contributed by atoms with E-state index < -0.39 is 0 Å². The first-order chi connectivity index (χ1) is 10.1. The van der Waals surface area contributed by atoms with Crippen LogP contribution in [0.1, 0.15) is 11.1 Å². The minimum Gasteiger partial charge on any atom is -0.390 e. The van der Waals surface area contributed by atoms with E-state index in [2.05, 4.69) is 77.7 Å². The minimum atomic E-state index is 0.878. The summed E-state index contributed by atoms with van der Waals surface area (Å²) in [5, 5.41) is 2.11. The Morgan fingerprint density at radius 3 is 2.76 bits per heavy atom. The summed E-state index contributed by atoms with van der Waals surface area (Å²) in [4.78, 5) is 0. The van der Waals surface area contributed by atoms with Gasteiger partial charge in [-0.3, -0.25) is 0 Å². The Bertz CT molecular complexity index is 849. The molecule has 21 heavy (non-hydrogen) atoms. The number of anilines is 1. The molecule has 0 atom stereocenters. The number of hydrogen-bond acceptors (Lipinski definition) is 2. The highest BCUT2D eigenvalue weighted by Crippen LogP contribution is 2.41. The van der Waals surface area contributed by atoms with E-state index in [9.17, 15) is 0 Å². The average Bonchev–Trinajstić information content (AvgIpc) is 2.77. The zero-order chi connectivity index (χ0) is 15.0. The summed E-state index contributed by atoms with van der Waals surface area (Å²) < 4.78 is 5.43. The van der Waals surface area contributed by atoms with Crippen molar-refractivity contribution in [3.8, 4) is 11.3 Å². The van der Waals surface area contributed by atoms with Crippen molar-refractivity contribution < 1.29 is 4.57 Å². The molecule has 4 heteroatoms. The van der Waals surface area contributed by atoms with Crippen molar-refractivity contribution in [3.05, 3.63) is 51.7 Å². The number of fused-ring (bicyclic) bond motifs is 1. The lowest BCUT2D eigenvalue weighted by atomic mass is 10.0. The lowest BCUT2D eigenvalue weighted by Crippen LogP contribution is -2.30. The van der Waals surface area contributed by atoms with Crippen molar-refractivity contribution >= 4 is 55.1 Å². The molecular weight excluding hydrogens is 391 g/mol. The van der Waals surface area contributed by atoms with Gasteiger partial charge in [-0.2, -0.15) is 0 Å². The van der Waals surface area contributed by atoms with Gasteiger partial charge < -0.3 is 5.73 Å². The molecule has 3 rings (SSSR count). The SMILES string of the molecule is Cc1ccc2c(/C=C\I)c(N)sc2c1-c1cccc[n+]1C. The molecule has 2 N–H and O–H groups in total. The van der Waals surface area contributed by atoms with Crippen molar-refractivity contribution in [1.29, 1.82) is 0 Å². The Labute approximate surface area is 142 Å². The predicted octanol–water partition coefficient (Wildman–Crippen LogP) is 4.69. The molecule has 0 aliphatic rings. The average molecular weight is 407 g/mol. The van der Waals surface area contributed by atoms with E-state index in [1.807, 2.05) is 10.1 Å². The first-order valence-corrected chi connectivity index (χ1v) is 8.73. The van der Waals surface area contributed by atoms with Crippen molar-refractivity contribution in [2.24, 2.45) is 7.05 Å². The number of nitrogens with zero attached hydrogens (tertiary/aromatic N) is 1. The van der Waals surface area contributed by atoms with E-state index >= 15 is 0 Å². The summed E-state index contributed by atoms with van der Waals surface area (Å²) in [6, 6.07) is 10.6. The lowest BCUT2D eigenvalue weighted by Gasteiger charge is -2.06. The molecule has 0 fully saturated rings. The van der Waals surface area contributed by atoms with Gasteiger partial charge in [-0.1, -0.05) is 34.7 Å². The van der Waals surface area contributed by atoms with Gasteiger partial charge in [-0.05, 0) is 28.7 Å². The smallest absolute Gasteiger partial charge is 0.213 e. The predicted molar refractivity (Wildman–Crippen MR) is 101 cm³/mol. The number of thiophene rings is 1.